The zero-order valence-electron chi connectivity index (χ0n) is 9.21. The number of hydrogen-bond acceptors (Lipinski definition) is 3. The van der Waals surface area contributed by atoms with Gasteiger partial charge in [-0.3, -0.25) is 0 Å². The molecule has 16 heavy (non-hydrogen) atoms. The molecular formula is C12H12BrNO2. The van der Waals surface area contributed by atoms with E-state index in [2.05, 4.69) is 26.7 Å². The second kappa shape index (κ2) is 5.66. The average molecular weight is 282 g/mol. The molecule has 0 radical (unpaired) electrons. The molecule has 0 unspecified atom stereocenters. The van der Waals surface area contributed by atoms with E-state index >= 15 is 0 Å². The number of benzene rings is 1. The van der Waals surface area contributed by atoms with E-state index in [-0.39, 0.29) is 0 Å². The monoisotopic (exact) mass is 281 g/mol. The third-order valence-electron chi connectivity index (χ3n) is 2.40. The van der Waals surface area contributed by atoms with Crippen LogP contribution in [-0.4, -0.2) is 13.1 Å². The van der Waals surface area contributed by atoms with Crippen LogP contribution >= 0.6 is 15.9 Å². The predicted octanol–water partition coefficient (Wildman–Crippen LogP) is 2.80. The summed E-state index contributed by atoms with van der Waals surface area (Å²) in [4.78, 5) is 11.4. The van der Waals surface area contributed by atoms with Crippen molar-refractivity contribution in [2.75, 3.05) is 7.11 Å². The molecule has 0 amide bonds. The average Bonchev–Trinajstić information content (AvgIpc) is 2.35. The Morgan fingerprint density at radius 1 is 1.56 bits per heavy atom. The summed E-state index contributed by atoms with van der Waals surface area (Å²) in [6.07, 6.45) is 0.778. The quantitative estimate of drug-likeness (QED) is 0.632. The van der Waals surface area contributed by atoms with Crippen molar-refractivity contribution in [1.82, 2.24) is 0 Å². The second-order valence-electron chi connectivity index (χ2n) is 3.25. The maximum atomic E-state index is 11.4. The van der Waals surface area contributed by atoms with Crippen molar-refractivity contribution in [3.05, 3.63) is 34.4 Å². The van der Waals surface area contributed by atoms with Crippen molar-refractivity contribution in [2.45, 2.75) is 18.7 Å². The van der Waals surface area contributed by atoms with E-state index in [4.69, 9.17) is 5.26 Å². The molecule has 0 heterocycles. The normalized spacial score (nSPS) is 9.62. The molecule has 0 bridgehead atoms. The largest absolute Gasteiger partial charge is 0.465 e. The highest BCUT2D eigenvalue weighted by Gasteiger charge is 2.13. The number of carbonyl (C=O) groups is 1. The van der Waals surface area contributed by atoms with E-state index in [0.717, 1.165) is 17.5 Å². The number of esters is 1. The van der Waals surface area contributed by atoms with Gasteiger partial charge in [0, 0.05) is 5.33 Å². The van der Waals surface area contributed by atoms with Gasteiger partial charge in [-0.2, -0.15) is 5.26 Å². The van der Waals surface area contributed by atoms with Gasteiger partial charge in [-0.1, -0.05) is 22.9 Å². The summed E-state index contributed by atoms with van der Waals surface area (Å²) in [5.41, 5.74) is 2.89. The smallest absolute Gasteiger partial charge is 0.337 e. The Bertz CT molecular complexity index is 449. The molecule has 84 valence electrons. The Balaban J connectivity index is 3.38. The van der Waals surface area contributed by atoms with Crippen molar-refractivity contribution >= 4 is 21.9 Å². The lowest BCUT2D eigenvalue weighted by molar-refractivity contribution is 0.0600. The molecule has 4 heteroatoms. The molecule has 1 aromatic rings. The highest BCUT2D eigenvalue weighted by atomic mass is 79.9. The van der Waals surface area contributed by atoms with Crippen molar-refractivity contribution in [3.63, 3.8) is 0 Å². The molecule has 0 N–H and O–H groups in total. The Labute approximate surface area is 103 Å². The first-order valence-electron chi connectivity index (χ1n) is 4.88. The Hall–Kier alpha value is -1.34. The fourth-order valence-electron chi connectivity index (χ4n) is 1.54. The number of methoxy groups -OCH3 is 1. The molecule has 0 aromatic heterocycles. The third-order valence-corrected chi connectivity index (χ3v) is 2.96. The van der Waals surface area contributed by atoms with E-state index in [1.807, 2.05) is 6.92 Å². The lowest BCUT2D eigenvalue weighted by Crippen LogP contribution is -2.05. The van der Waals surface area contributed by atoms with E-state index < -0.39 is 5.97 Å². The van der Waals surface area contributed by atoms with E-state index in [9.17, 15) is 4.79 Å². The van der Waals surface area contributed by atoms with Gasteiger partial charge in [-0.25, -0.2) is 4.79 Å². The number of nitriles is 1. The van der Waals surface area contributed by atoms with Crippen molar-refractivity contribution in [3.8, 4) is 6.07 Å². The van der Waals surface area contributed by atoms with Gasteiger partial charge in [0.25, 0.3) is 0 Å². The van der Waals surface area contributed by atoms with Crippen molar-refractivity contribution in [1.29, 1.82) is 5.26 Å². The zero-order chi connectivity index (χ0) is 12.1. The fourth-order valence-corrected chi connectivity index (χ4v) is 2.20. The van der Waals surface area contributed by atoms with Crippen LogP contribution < -0.4 is 0 Å². The van der Waals surface area contributed by atoms with Crippen LogP contribution in [0.3, 0.4) is 0 Å². The highest BCUT2D eigenvalue weighted by Crippen LogP contribution is 2.21. The second-order valence-corrected chi connectivity index (χ2v) is 3.81. The van der Waals surface area contributed by atoms with Crippen LogP contribution in [-0.2, 0) is 16.5 Å². The molecule has 0 aliphatic carbocycles. The number of rotatable bonds is 3. The number of aryl methyl sites for hydroxylation is 1. The number of alkyl halides is 1. The van der Waals surface area contributed by atoms with Gasteiger partial charge >= 0.3 is 5.97 Å². The summed E-state index contributed by atoms with van der Waals surface area (Å²) >= 11 is 3.35. The highest BCUT2D eigenvalue weighted by molar-refractivity contribution is 9.08. The summed E-state index contributed by atoms with van der Waals surface area (Å²) < 4.78 is 4.65. The maximum Gasteiger partial charge on any atom is 0.337 e. The first kappa shape index (κ1) is 12.7. The number of hydrogen-bond donors (Lipinski definition) is 0. The van der Waals surface area contributed by atoms with Crippen LogP contribution in [0.2, 0.25) is 0 Å². The summed E-state index contributed by atoms with van der Waals surface area (Å²) in [5.74, 6) is -0.410. The van der Waals surface area contributed by atoms with Gasteiger partial charge in [-0.05, 0) is 29.7 Å². The third kappa shape index (κ3) is 2.42. The fraction of sp³-hybridized carbons (Fsp3) is 0.333. The van der Waals surface area contributed by atoms with E-state index in [1.54, 1.807) is 12.1 Å². The van der Waals surface area contributed by atoms with Crippen molar-refractivity contribution < 1.29 is 9.53 Å². The Morgan fingerprint density at radius 2 is 2.25 bits per heavy atom. The Morgan fingerprint density at radius 3 is 2.69 bits per heavy atom. The van der Waals surface area contributed by atoms with E-state index in [0.29, 0.717) is 16.5 Å². The number of nitrogens with zero attached hydrogens (tertiary/aromatic N) is 1. The summed E-state index contributed by atoms with van der Waals surface area (Å²) in [7, 11) is 1.33. The number of ether oxygens (including phenoxy) is 1. The van der Waals surface area contributed by atoms with Gasteiger partial charge in [0.2, 0.25) is 0 Å². The van der Waals surface area contributed by atoms with Crippen LogP contribution in [0, 0.1) is 11.3 Å². The van der Waals surface area contributed by atoms with Gasteiger partial charge in [-0.15, -0.1) is 0 Å². The predicted molar refractivity (Wildman–Crippen MR) is 64.5 cm³/mol. The van der Waals surface area contributed by atoms with Crippen LogP contribution in [0.25, 0.3) is 0 Å². The minimum absolute atomic E-state index is 0.410. The minimum atomic E-state index is -0.410. The standard InChI is InChI=1S/C12H12BrNO2/c1-3-8-4-9(12(15)16-2)5-10(7-14)11(8)6-13/h4-5H,3,6H2,1-2H3. The van der Waals surface area contributed by atoms with Gasteiger partial charge in [0.1, 0.15) is 0 Å². The molecule has 1 aromatic carbocycles. The molecule has 0 aliphatic heterocycles. The van der Waals surface area contributed by atoms with Crippen LogP contribution in [0.1, 0.15) is 34.0 Å². The molecule has 0 saturated carbocycles. The van der Waals surface area contributed by atoms with Gasteiger partial charge < -0.3 is 4.74 Å². The van der Waals surface area contributed by atoms with Crippen LogP contribution in [0.15, 0.2) is 12.1 Å². The first-order valence-corrected chi connectivity index (χ1v) is 6.00. The van der Waals surface area contributed by atoms with Gasteiger partial charge in [0.05, 0.1) is 24.3 Å². The molecule has 0 spiro atoms. The first-order chi connectivity index (χ1) is 7.67. The molecule has 3 nitrogen and oxygen atoms in total. The topological polar surface area (TPSA) is 50.1 Å². The summed E-state index contributed by atoms with van der Waals surface area (Å²) in [6.45, 7) is 1.99. The minimum Gasteiger partial charge on any atom is -0.465 e. The summed E-state index contributed by atoms with van der Waals surface area (Å²) in [5, 5.41) is 9.64. The molecule has 1 rings (SSSR count). The maximum absolute atomic E-state index is 11.4. The summed E-state index contributed by atoms with van der Waals surface area (Å²) in [6, 6.07) is 5.45. The van der Waals surface area contributed by atoms with Crippen LogP contribution in [0.4, 0.5) is 0 Å². The lowest BCUT2D eigenvalue weighted by Gasteiger charge is -2.09. The number of carbonyl (C=O) groups excluding carboxylic acids is 1. The molecule has 0 fully saturated rings. The lowest BCUT2D eigenvalue weighted by atomic mass is 9.98. The SMILES string of the molecule is CCc1cc(C(=O)OC)cc(C#N)c1CBr. The molecular weight excluding hydrogens is 270 g/mol. The molecule has 0 saturated heterocycles. The molecule has 0 aliphatic rings. The van der Waals surface area contributed by atoms with Crippen molar-refractivity contribution in [2.24, 2.45) is 0 Å². The zero-order valence-corrected chi connectivity index (χ0v) is 10.8. The Kier molecular flexibility index (Phi) is 4.51. The van der Waals surface area contributed by atoms with E-state index in [1.165, 1.54) is 7.11 Å². The number of halogens is 1. The molecule has 0 atom stereocenters. The van der Waals surface area contributed by atoms with Gasteiger partial charge in [0.15, 0.2) is 0 Å². The van der Waals surface area contributed by atoms with Crippen LogP contribution in [0.5, 0.6) is 0 Å².